The molecule has 2 aromatic heterocycles. The highest BCUT2D eigenvalue weighted by molar-refractivity contribution is 6.05. The van der Waals surface area contributed by atoms with Crippen molar-refractivity contribution in [2.75, 3.05) is 10.6 Å². The number of carbonyl (C=O) groups is 1. The van der Waals surface area contributed by atoms with E-state index in [9.17, 15) is 4.79 Å². The van der Waals surface area contributed by atoms with Crippen LogP contribution in [-0.2, 0) is 0 Å². The molecule has 0 bridgehead atoms. The fourth-order valence-corrected chi connectivity index (χ4v) is 4.96. The van der Waals surface area contributed by atoms with Crippen molar-refractivity contribution in [1.82, 2.24) is 30.4 Å². The van der Waals surface area contributed by atoms with Crippen molar-refractivity contribution in [3.8, 4) is 45.6 Å². The molecule has 0 saturated carbocycles. The van der Waals surface area contributed by atoms with Gasteiger partial charge >= 0.3 is 0 Å². The molecule has 0 aliphatic rings. The Morgan fingerprint density at radius 2 is 0.978 bits per heavy atom. The number of carbonyl (C=O) groups excluding carboxylic acids is 1. The van der Waals surface area contributed by atoms with E-state index in [0.717, 1.165) is 39.2 Å². The van der Waals surface area contributed by atoms with Crippen LogP contribution in [-0.4, -0.2) is 36.3 Å². The Labute approximate surface area is 265 Å². The lowest BCUT2D eigenvalue weighted by molar-refractivity contribution is 0.102. The first-order valence-corrected chi connectivity index (χ1v) is 14.6. The summed E-state index contributed by atoms with van der Waals surface area (Å²) in [5.41, 5.74) is 7.17. The number of hydrogen-bond donors (Lipinski definition) is 4. The molecule has 7 aromatic rings. The summed E-state index contributed by atoms with van der Waals surface area (Å²) < 4.78 is 0. The lowest BCUT2D eigenvalue weighted by Gasteiger charge is -2.12. The molecule has 0 aliphatic carbocycles. The summed E-state index contributed by atoms with van der Waals surface area (Å²) in [7, 11) is 0. The first-order valence-electron chi connectivity index (χ1n) is 14.6. The van der Waals surface area contributed by atoms with Crippen molar-refractivity contribution in [2.45, 2.75) is 0 Å². The Balaban J connectivity index is 0.989. The van der Waals surface area contributed by atoms with Gasteiger partial charge in [0.05, 0.1) is 0 Å². The van der Waals surface area contributed by atoms with Gasteiger partial charge in [-0.25, -0.2) is 9.97 Å². The van der Waals surface area contributed by atoms with Crippen LogP contribution in [0.15, 0.2) is 140 Å². The molecular formula is C37H28N8O. The zero-order valence-electron chi connectivity index (χ0n) is 24.6. The van der Waals surface area contributed by atoms with Crippen LogP contribution in [0, 0.1) is 0 Å². The Kier molecular flexibility index (Phi) is 7.69. The molecule has 0 saturated heterocycles. The summed E-state index contributed by atoms with van der Waals surface area (Å²) in [5, 5.41) is 21.0. The number of aromatic amines is 2. The third kappa shape index (κ3) is 6.20. The average molecular weight is 601 g/mol. The summed E-state index contributed by atoms with van der Waals surface area (Å²) in [5.74, 6) is 2.28. The second-order valence-corrected chi connectivity index (χ2v) is 10.5. The third-order valence-electron chi connectivity index (χ3n) is 7.36. The number of anilines is 2. The maximum absolute atomic E-state index is 13.1. The van der Waals surface area contributed by atoms with Crippen molar-refractivity contribution in [1.29, 1.82) is 0 Å². The van der Waals surface area contributed by atoms with Crippen molar-refractivity contribution >= 4 is 23.0 Å². The molecule has 0 unspecified atom stereocenters. The number of benzene rings is 5. The van der Waals surface area contributed by atoms with Gasteiger partial charge in [-0.15, -0.1) is 0 Å². The molecule has 0 fully saturated rings. The van der Waals surface area contributed by atoms with Crippen LogP contribution in [0.3, 0.4) is 0 Å². The van der Waals surface area contributed by atoms with Gasteiger partial charge in [0.2, 0.25) is 0 Å². The van der Waals surface area contributed by atoms with E-state index in [1.807, 2.05) is 121 Å². The van der Waals surface area contributed by atoms with Crippen LogP contribution in [0.2, 0.25) is 0 Å². The molecule has 0 aliphatic heterocycles. The normalized spacial score (nSPS) is 10.8. The third-order valence-corrected chi connectivity index (χ3v) is 7.36. The fraction of sp³-hybridized carbons (Fsp3) is 0. The van der Waals surface area contributed by atoms with Gasteiger partial charge in [0.25, 0.3) is 5.91 Å². The largest absolute Gasteiger partial charge is 0.356 e. The molecule has 4 N–H and O–H groups in total. The number of H-pyrrole nitrogens is 2. The maximum atomic E-state index is 13.1. The number of nitrogens with zero attached hydrogens (tertiary/aromatic N) is 4. The van der Waals surface area contributed by atoms with Gasteiger partial charge in [-0.1, -0.05) is 97.6 Å². The highest BCUT2D eigenvalue weighted by Gasteiger charge is 2.12. The first-order chi connectivity index (χ1) is 22.6. The van der Waals surface area contributed by atoms with Crippen LogP contribution in [0.25, 0.3) is 51.2 Å². The monoisotopic (exact) mass is 600 g/mol. The predicted molar refractivity (Wildman–Crippen MR) is 182 cm³/mol. The quantitative estimate of drug-likeness (QED) is 0.133. The molecule has 9 nitrogen and oxygen atoms in total. The molecule has 9 heteroatoms. The highest BCUT2D eigenvalue weighted by atomic mass is 16.1. The van der Waals surface area contributed by atoms with Gasteiger partial charge in [-0.3, -0.25) is 15.0 Å². The summed E-state index contributed by atoms with van der Waals surface area (Å²) in [4.78, 5) is 22.4. The second-order valence-electron chi connectivity index (χ2n) is 10.5. The van der Waals surface area contributed by atoms with Crippen molar-refractivity contribution in [2.24, 2.45) is 0 Å². The van der Waals surface area contributed by atoms with Crippen LogP contribution in [0.5, 0.6) is 0 Å². The lowest BCUT2D eigenvalue weighted by Crippen LogP contribution is -2.12. The molecular weight excluding hydrogens is 572 g/mol. The smallest absolute Gasteiger partial charge is 0.255 e. The Morgan fingerprint density at radius 1 is 0.522 bits per heavy atom. The Hall–Kier alpha value is -6.61. The average Bonchev–Trinajstić information content (AvgIpc) is 3.82. The molecule has 46 heavy (non-hydrogen) atoms. The van der Waals surface area contributed by atoms with E-state index in [1.54, 1.807) is 12.1 Å². The molecule has 2 heterocycles. The molecule has 222 valence electrons. The van der Waals surface area contributed by atoms with Gasteiger partial charge in [0.1, 0.15) is 0 Å². The van der Waals surface area contributed by atoms with Crippen LogP contribution in [0.1, 0.15) is 15.9 Å². The Morgan fingerprint density at radius 3 is 1.52 bits per heavy atom. The number of hydrogen-bond acceptors (Lipinski definition) is 6. The van der Waals surface area contributed by atoms with E-state index in [2.05, 4.69) is 47.6 Å². The molecule has 7 rings (SSSR count). The van der Waals surface area contributed by atoms with E-state index in [1.165, 1.54) is 0 Å². The zero-order valence-corrected chi connectivity index (χ0v) is 24.6. The van der Waals surface area contributed by atoms with Gasteiger partial charge in [0, 0.05) is 44.9 Å². The van der Waals surface area contributed by atoms with E-state index in [4.69, 9.17) is 0 Å². The Bertz CT molecular complexity index is 1980. The van der Waals surface area contributed by atoms with Crippen LogP contribution in [0.4, 0.5) is 11.4 Å². The standard InChI is InChI=1S/C37H28N8O/c1-24(27-14-8-15-28(22-27)35-40-33(42-44-35)25-10-4-2-5-11-25)38-31-18-20-32(21-19-31)39-37(46)30-17-9-16-29(23-30)36-41-34(43-45-36)26-12-6-3-7-13-26/h2-23,38H,1H2,(H,39,46)(H,40,42,44)(H,41,43,45). The van der Waals surface area contributed by atoms with Crippen molar-refractivity contribution in [3.05, 3.63) is 151 Å². The molecule has 0 radical (unpaired) electrons. The predicted octanol–water partition coefficient (Wildman–Crippen LogP) is 7.93. The molecule has 0 atom stereocenters. The van der Waals surface area contributed by atoms with Gasteiger partial charge in [-0.2, -0.15) is 10.2 Å². The van der Waals surface area contributed by atoms with Gasteiger partial charge in [0.15, 0.2) is 23.3 Å². The highest BCUT2D eigenvalue weighted by Crippen LogP contribution is 2.26. The zero-order chi connectivity index (χ0) is 31.3. The van der Waals surface area contributed by atoms with Crippen molar-refractivity contribution in [3.63, 3.8) is 0 Å². The molecule has 5 aromatic carbocycles. The number of aromatic nitrogens is 6. The number of nitrogens with one attached hydrogen (secondary N) is 4. The minimum absolute atomic E-state index is 0.227. The summed E-state index contributed by atoms with van der Waals surface area (Å²) in [6, 6.07) is 42.2. The summed E-state index contributed by atoms with van der Waals surface area (Å²) in [6.07, 6.45) is 0. The minimum atomic E-state index is -0.227. The summed E-state index contributed by atoms with van der Waals surface area (Å²) in [6.45, 7) is 4.23. The van der Waals surface area contributed by atoms with E-state index in [0.29, 0.717) is 34.5 Å². The second kappa shape index (κ2) is 12.6. The SMILES string of the molecule is C=C(Nc1ccc(NC(=O)c2cccc(-c3nc(-c4ccccc4)n[nH]3)c2)cc1)c1cccc(-c2nc(-c3ccccc3)n[nH]2)c1. The van der Waals surface area contributed by atoms with E-state index < -0.39 is 0 Å². The van der Waals surface area contributed by atoms with Crippen molar-refractivity contribution < 1.29 is 4.79 Å². The molecule has 1 amide bonds. The number of amides is 1. The van der Waals surface area contributed by atoms with Crippen LogP contribution < -0.4 is 10.6 Å². The van der Waals surface area contributed by atoms with Crippen LogP contribution >= 0.6 is 0 Å². The topological polar surface area (TPSA) is 124 Å². The maximum Gasteiger partial charge on any atom is 0.255 e. The number of rotatable bonds is 9. The van der Waals surface area contributed by atoms with Gasteiger partial charge < -0.3 is 10.6 Å². The minimum Gasteiger partial charge on any atom is -0.356 e. The van der Waals surface area contributed by atoms with Gasteiger partial charge in [-0.05, 0) is 48.0 Å². The fourth-order valence-electron chi connectivity index (χ4n) is 4.96. The molecule has 0 spiro atoms. The lowest BCUT2D eigenvalue weighted by atomic mass is 10.1. The summed E-state index contributed by atoms with van der Waals surface area (Å²) >= 11 is 0. The van der Waals surface area contributed by atoms with E-state index in [-0.39, 0.29) is 5.91 Å². The first kappa shape index (κ1) is 28.2. The van der Waals surface area contributed by atoms with E-state index >= 15 is 0 Å².